The van der Waals surface area contributed by atoms with E-state index in [-0.39, 0.29) is 11.7 Å². The molecule has 3 fully saturated rings. The number of nitrogens with zero attached hydrogens (tertiary/aromatic N) is 2. The molecule has 3 aliphatic rings. The summed E-state index contributed by atoms with van der Waals surface area (Å²) in [6.45, 7) is 11.3. The van der Waals surface area contributed by atoms with Gasteiger partial charge in [0.2, 0.25) is 0 Å². The SMILES string of the molecule is CC(C)(C)OC(=O)N1CC2(C[C@@H](N3CCOCC3)CO2)C1. The highest BCUT2D eigenvalue weighted by atomic mass is 16.6. The molecule has 0 radical (unpaired) electrons. The lowest BCUT2D eigenvalue weighted by Gasteiger charge is -2.47. The highest BCUT2D eigenvalue weighted by molar-refractivity contribution is 5.69. The Morgan fingerprint density at radius 1 is 1.24 bits per heavy atom. The lowest BCUT2D eigenvalue weighted by atomic mass is 9.89. The largest absolute Gasteiger partial charge is 0.444 e. The van der Waals surface area contributed by atoms with E-state index in [9.17, 15) is 4.79 Å². The second-order valence-electron chi connectivity index (χ2n) is 7.34. The summed E-state index contributed by atoms with van der Waals surface area (Å²) in [5.41, 5.74) is -0.577. The van der Waals surface area contributed by atoms with E-state index in [0.29, 0.717) is 19.1 Å². The predicted molar refractivity (Wildman–Crippen MR) is 77.3 cm³/mol. The molecule has 1 spiro atoms. The molecule has 3 heterocycles. The summed E-state index contributed by atoms with van der Waals surface area (Å²) in [5.74, 6) is 0. The maximum atomic E-state index is 12.0. The van der Waals surface area contributed by atoms with Gasteiger partial charge >= 0.3 is 6.09 Å². The average Bonchev–Trinajstić information content (AvgIpc) is 2.81. The van der Waals surface area contributed by atoms with Gasteiger partial charge in [-0.25, -0.2) is 4.79 Å². The normalized spacial score (nSPS) is 29.5. The second-order valence-corrected chi connectivity index (χ2v) is 7.34. The Labute approximate surface area is 126 Å². The third kappa shape index (κ3) is 3.33. The van der Waals surface area contributed by atoms with Gasteiger partial charge < -0.3 is 19.1 Å². The Morgan fingerprint density at radius 2 is 1.90 bits per heavy atom. The molecular weight excluding hydrogens is 272 g/mol. The van der Waals surface area contributed by atoms with Crippen molar-refractivity contribution in [2.45, 2.75) is 44.4 Å². The Kier molecular flexibility index (Phi) is 3.88. The summed E-state index contributed by atoms with van der Waals surface area (Å²) in [7, 11) is 0. The van der Waals surface area contributed by atoms with Crippen molar-refractivity contribution in [2.24, 2.45) is 0 Å². The lowest BCUT2D eigenvalue weighted by molar-refractivity contribution is -0.109. The van der Waals surface area contributed by atoms with E-state index < -0.39 is 5.60 Å². The van der Waals surface area contributed by atoms with Crippen LogP contribution in [0.1, 0.15) is 27.2 Å². The van der Waals surface area contributed by atoms with Crippen molar-refractivity contribution < 1.29 is 19.0 Å². The summed E-state index contributed by atoms with van der Waals surface area (Å²) in [4.78, 5) is 16.2. The molecule has 3 rings (SSSR count). The van der Waals surface area contributed by atoms with Crippen LogP contribution < -0.4 is 0 Å². The molecule has 0 saturated carbocycles. The predicted octanol–water partition coefficient (Wildman–Crippen LogP) is 1.10. The van der Waals surface area contributed by atoms with Crippen molar-refractivity contribution in [1.82, 2.24) is 9.80 Å². The van der Waals surface area contributed by atoms with E-state index >= 15 is 0 Å². The Hall–Kier alpha value is -0.850. The molecule has 120 valence electrons. The molecule has 0 N–H and O–H groups in total. The third-order valence-corrected chi connectivity index (χ3v) is 4.36. The maximum absolute atomic E-state index is 12.0. The molecular formula is C15H26N2O4. The number of amides is 1. The summed E-state index contributed by atoms with van der Waals surface area (Å²) < 4.78 is 16.8. The van der Waals surface area contributed by atoms with Gasteiger partial charge in [-0.05, 0) is 27.2 Å². The molecule has 6 heteroatoms. The summed E-state index contributed by atoms with van der Waals surface area (Å²) in [6, 6.07) is 0.467. The summed E-state index contributed by atoms with van der Waals surface area (Å²) >= 11 is 0. The molecule has 6 nitrogen and oxygen atoms in total. The van der Waals surface area contributed by atoms with Crippen molar-refractivity contribution in [3.63, 3.8) is 0 Å². The van der Waals surface area contributed by atoms with E-state index in [1.165, 1.54) is 0 Å². The summed E-state index contributed by atoms with van der Waals surface area (Å²) in [6.07, 6.45) is 0.776. The zero-order valence-electron chi connectivity index (χ0n) is 13.3. The molecule has 0 aliphatic carbocycles. The van der Waals surface area contributed by atoms with Crippen molar-refractivity contribution in [2.75, 3.05) is 46.0 Å². The molecule has 1 amide bonds. The van der Waals surface area contributed by atoms with E-state index in [0.717, 1.165) is 39.3 Å². The van der Waals surface area contributed by atoms with Crippen LogP contribution in [-0.4, -0.2) is 79.1 Å². The molecule has 3 saturated heterocycles. The van der Waals surface area contributed by atoms with Gasteiger partial charge in [-0.1, -0.05) is 0 Å². The van der Waals surface area contributed by atoms with Crippen molar-refractivity contribution in [3.05, 3.63) is 0 Å². The minimum Gasteiger partial charge on any atom is -0.444 e. The van der Waals surface area contributed by atoms with E-state index in [2.05, 4.69) is 4.90 Å². The first-order valence-corrected chi connectivity index (χ1v) is 7.81. The topological polar surface area (TPSA) is 51.2 Å². The second kappa shape index (κ2) is 5.41. The number of likely N-dealkylation sites (tertiary alicyclic amines) is 1. The molecule has 21 heavy (non-hydrogen) atoms. The molecule has 0 unspecified atom stereocenters. The fourth-order valence-corrected chi connectivity index (χ4v) is 3.32. The van der Waals surface area contributed by atoms with E-state index in [1.54, 1.807) is 4.90 Å². The Bertz CT molecular complexity index is 395. The molecule has 0 aromatic heterocycles. The van der Waals surface area contributed by atoms with Crippen LogP contribution >= 0.6 is 0 Å². The zero-order chi connectivity index (χ0) is 15.1. The highest BCUT2D eigenvalue weighted by Crippen LogP contribution is 2.37. The highest BCUT2D eigenvalue weighted by Gasteiger charge is 2.53. The Balaban J connectivity index is 1.48. The van der Waals surface area contributed by atoms with E-state index in [4.69, 9.17) is 14.2 Å². The number of hydrogen-bond donors (Lipinski definition) is 0. The number of carbonyl (C=O) groups is 1. The molecule has 1 atom stereocenters. The molecule has 3 aliphatic heterocycles. The van der Waals surface area contributed by atoms with Crippen LogP contribution in [0.5, 0.6) is 0 Å². The van der Waals surface area contributed by atoms with Gasteiger partial charge in [0.15, 0.2) is 0 Å². The van der Waals surface area contributed by atoms with Gasteiger partial charge in [0, 0.05) is 19.1 Å². The lowest BCUT2D eigenvalue weighted by Crippen LogP contribution is -2.64. The number of carbonyl (C=O) groups excluding carboxylic acids is 1. The van der Waals surface area contributed by atoms with E-state index in [1.807, 2.05) is 20.8 Å². The minimum atomic E-state index is -0.438. The smallest absolute Gasteiger partial charge is 0.410 e. The van der Waals surface area contributed by atoms with Gasteiger partial charge in [-0.2, -0.15) is 0 Å². The molecule has 0 aromatic rings. The number of hydrogen-bond acceptors (Lipinski definition) is 5. The zero-order valence-corrected chi connectivity index (χ0v) is 13.3. The minimum absolute atomic E-state index is 0.139. The molecule has 0 aromatic carbocycles. The monoisotopic (exact) mass is 298 g/mol. The van der Waals surface area contributed by atoms with Crippen LogP contribution in [0.15, 0.2) is 0 Å². The summed E-state index contributed by atoms with van der Waals surface area (Å²) in [5, 5.41) is 0. The standard InChI is InChI=1S/C15H26N2O4/c1-14(2,3)21-13(18)17-10-15(11-17)8-12(9-20-15)16-4-6-19-7-5-16/h12H,4-11H2,1-3H3/t12-/m1/s1. The van der Waals surface area contributed by atoms with Crippen LogP contribution in [0.3, 0.4) is 0 Å². The van der Waals surface area contributed by atoms with Gasteiger partial charge in [0.05, 0.1) is 32.9 Å². The fraction of sp³-hybridized carbons (Fsp3) is 0.933. The number of morpholine rings is 1. The van der Waals surface area contributed by atoms with Crippen molar-refractivity contribution in [3.8, 4) is 0 Å². The van der Waals surface area contributed by atoms with Gasteiger partial charge in [-0.15, -0.1) is 0 Å². The number of rotatable bonds is 1. The van der Waals surface area contributed by atoms with Crippen LogP contribution in [-0.2, 0) is 14.2 Å². The quantitative estimate of drug-likeness (QED) is 0.725. The maximum Gasteiger partial charge on any atom is 0.410 e. The van der Waals surface area contributed by atoms with Gasteiger partial charge in [0.1, 0.15) is 11.2 Å². The van der Waals surface area contributed by atoms with Crippen LogP contribution in [0, 0.1) is 0 Å². The first kappa shape index (κ1) is 15.1. The van der Waals surface area contributed by atoms with Gasteiger partial charge in [-0.3, -0.25) is 4.90 Å². The first-order valence-electron chi connectivity index (χ1n) is 7.81. The molecule has 0 bridgehead atoms. The van der Waals surface area contributed by atoms with Crippen LogP contribution in [0.25, 0.3) is 0 Å². The van der Waals surface area contributed by atoms with Crippen LogP contribution in [0.2, 0.25) is 0 Å². The van der Waals surface area contributed by atoms with Crippen molar-refractivity contribution >= 4 is 6.09 Å². The first-order chi connectivity index (χ1) is 9.87. The van der Waals surface area contributed by atoms with Gasteiger partial charge in [0.25, 0.3) is 0 Å². The third-order valence-electron chi connectivity index (χ3n) is 4.36. The van der Waals surface area contributed by atoms with Crippen LogP contribution in [0.4, 0.5) is 4.79 Å². The van der Waals surface area contributed by atoms with Crippen molar-refractivity contribution in [1.29, 1.82) is 0 Å². The average molecular weight is 298 g/mol. The Morgan fingerprint density at radius 3 is 2.52 bits per heavy atom. The fourth-order valence-electron chi connectivity index (χ4n) is 3.32. The number of ether oxygens (including phenoxy) is 3.